The van der Waals surface area contributed by atoms with Gasteiger partial charge in [0.25, 0.3) is 0 Å². The lowest BCUT2D eigenvalue weighted by Crippen LogP contribution is -2.40. The smallest absolute Gasteiger partial charge is 0.246 e. The quantitative estimate of drug-likeness (QED) is 0.840. The Hall–Kier alpha value is -1.10. The summed E-state index contributed by atoms with van der Waals surface area (Å²) in [6, 6.07) is 0.0851. The number of amides is 2. The molecule has 1 saturated heterocycles. The second-order valence-corrected chi connectivity index (χ2v) is 6.45. The van der Waals surface area contributed by atoms with Gasteiger partial charge in [-0.05, 0) is 25.2 Å². The summed E-state index contributed by atoms with van der Waals surface area (Å²) in [5.41, 5.74) is 0. The zero-order valence-electron chi connectivity index (χ0n) is 13.3. The first-order valence-corrected chi connectivity index (χ1v) is 8.27. The summed E-state index contributed by atoms with van der Waals surface area (Å²) >= 11 is 0. The number of rotatable bonds is 5. The lowest BCUT2D eigenvalue weighted by molar-refractivity contribution is -0.131. The Bertz CT molecular complexity index is 373. The van der Waals surface area contributed by atoms with Crippen LogP contribution in [-0.4, -0.2) is 48.6 Å². The van der Waals surface area contributed by atoms with Gasteiger partial charge in [0.1, 0.15) is 6.61 Å². The Morgan fingerprint density at radius 1 is 1.29 bits per heavy atom. The molecule has 0 aromatic rings. The number of likely N-dealkylation sites (tertiary alicyclic amines) is 1. The van der Waals surface area contributed by atoms with Gasteiger partial charge in [0.05, 0.1) is 6.10 Å². The number of nitrogens with one attached hydrogen (secondary N) is 1. The van der Waals surface area contributed by atoms with Crippen molar-refractivity contribution in [1.29, 1.82) is 0 Å². The molecule has 120 valence electrons. The first-order chi connectivity index (χ1) is 10.1. The molecule has 2 rings (SSSR count). The summed E-state index contributed by atoms with van der Waals surface area (Å²) in [5.74, 6) is 0.818. The van der Waals surface area contributed by atoms with Crippen LogP contribution in [0, 0.1) is 5.92 Å². The molecule has 5 heteroatoms. The number of nitrogens with zero attached hydrogens (tertiary/aromatic N) is 1. The summed E-state index contributed by atoms with van der Waals surface area (Å²) in [6.45, 7) is 5.65. The van der Waals surface area contributed by atoms with Crippen LogP contribution in [0.3, 0.4) is 0 Å². The molecule has 1 saturated carbocycles. The fourth-order valence-electron chi connectivity index (χ4n) is 3.32. The third-order valence-electron chi connectivity index (χ3n) is 4.55. The number of ether oxygens (including phenoxy) is 1. The maximum atomic E-state index is 11.9. The molecular formula is C16H28N2O3. The third kappa shape index (κ3) is 4.99. The number of hydrogen-bond donors (Lipinski definition) is 1. The van der Waals surface area contributed by atoms with E-state index in [0.717, 1.165) is 25.8 Å². The molecule has 0 aromatic carbocycles. The minimum atomic E-state index is -0.0518. The molecule has 1 aliphatic heterocycles. The lowest BCUT2D eigenvalue weighted by Gasteiger charge is -2.26. The van der Waals surface area contributed by atoms with Crippen molar-refractivity contribution >= 4 is 11.8 Å². The molecule has 1 heterocycles. The van der Waals surface area contributed by atoms with Crippen LogP contribution < -0.4 is 5.32 Å². The van der Waals surface area contributed by atoms with Crippen LogP contribution in [0.25, 0.3) is 0 Å². The van der Waals surface area contributed by atoms with Crippen molar-refractivity contribution in [3.8, 4) is 0 Å². The molecule has 0 aromatic heterocycles. The van der Waals surface area contributed by atoms with Gasteiger partial charge in [-0.3, -0.25) is 9.59 Å². The third-order valence-corrected chi connectivity index (χ3v) is 4.55. The zero-order chi connectivity index (χ0) is 15.2. The molecule has 0 spiro atoms. The first-order valence-electron chi connectivity index (χ1n) is 8.27. The molecular weight excluding hydrogens is 268 g/mol. The monoisotopic (exact) mass is 296 g/mol. The van der Waals surface area contributed by atoms with Crippen LogP contribution in [-0.2, 0) is 14.3 Å². The fourth-order valence-corrected chi connectivity index (χ4v) is 3.32. The molecule has 5 nitrogen and oxygen atoms in total. The van der Waals surface area contributed by atoms with Gasteiger partial charge < -0.3 is 15.0 Å². The normalized spacial score (nSPS) is 29.4. The maximum absolute atomic E-state index is 11.9. The van der Waals surface area contributed by atoms with E-state index in [0.29, 0.717) is 18.9 Å². The maximum Gasteiger partial charge on any atom is 0.246 e. The molecule has 0 radical (unpaired) electrons. The van der Waals surface area contributed by atoms with Gasteiger partial charge in [0, 0.05) is 25.6 Å². The van der Waals surface area contributed by atoms with E-state index in [1.54, 1.807) is 0 Å². The van der Waals surface area contributed by atoms with E-state index in [1.165, 1.54) is 12.8 Å². The van der Waals surface area contributed by atoms with Crippen LogP contribution >= 0.6 is 0 Å². The molecule has 1 aliphatic carbocycles. The van der Waals surface area contributed by atoms with Crippen LogP contribution in [0.15, 0.2) is 0 Å². The second-order valence-electron chi connectivity index (χ2n) is 6.45. The molecule has 21 heavy (non-hydrogen) atoms. The van der Waals surface area contributed by atoms with E-state index >= 15 is 0 Å². The highest BCUT2D eigenvalue weighted by Gasteiger charge is 2.27. The van der Waals surface area contributed by atoms with Crippen molar-refractivity contribution in [3.05, 3.63) is 0 Å². The van der Waals surface area contributed by atoms with Crippen LogP contribution in [0.5, 0.6) is 0 Å². The molecule has 1 N–H and O–H groups in total. The van der Waals surface area contributed by atoms with E-state index in [-0.39, 0.29) is 30.6 Å². The average molecular weight is 296 g/mol. The highest BCUT2D eigenvalue weighted by molar-refractivity contribution is 5.78. The largest absolute Gasteiger partial charge is 0.368 e. The lowest BCUT2D eigenvalue weighted by atomic mass is 9.89. The standard InChI is InChI=1S/C16H28N2O3/c1-3-16(20)18-8-7-13(10-18)17-15(19)11-21-14-6-4-5-12(2)9-14/h12-14H,3-11H2,1-2H3,(H,17,19)/t12-,13-,14-/m0/s1. The Balaban J connectivity index is 1.65. The Labute approximate surface area is 127 Å². The Kier molecular flexibility index (Phi) is 6.03. The van der Waals surface area contributed by atoms with E-state index in [4.69, 9.17) is 4.74 Å². The second kappa shape index (κ2) is 7.78. The van der Waals surface area contributed by atoms with E-state index in [2.05, 4.69) is 12.2 Å². The van der Waals surface area contributed by atoms with E-state index < -0.39 is 0 Å². The fraction of sp³-hybridized carbons (Fsp3) is 0.875. The van der Waals surface area contributed by atoms with Gasteiger partial charge in [-0.2, -0.15) is 0 Å². The molecule has 2 fully saturated rings. The number of carbonyl (C=O) groups excluding carboxylic acids is 2. The average Bonchev–Trinajstić information content (AvgIpc) is 2.93. The summed E-state index contributed by atoms with van der Waals surface area (Å²) in [4.78, 5) is 25.4. The summed E-state index contributed by atoms with van der Waals surface area (Å²) in [6.07, 6.45) is 6.22. The van der Waals surface area contributed by atoms with Gasteiger partial charge in [0.15, 0.2) is 0 Å². The van der Waals surface area contributed by atoms with Gasteiger partial charge in [-0.15, -0.1) is 0 Å². The van der Waals surface area contributed by atoms with Crippen molar-refractivity contribution in [3.63, 3.8) is 0 Å². The summed E-state index contributed by atoms with van der Waals surface area (Å²) < 4.78 is 5.73. The van der Waals surface area contributed by atoms with Gasteiger partial charge in [-0.25, -0.2) is 0 Å². The van der Waals surface area contributed by atoms with Gasteiger partial charge >= 0.3 is 0 Å². The molecule has 3 atom stereocenters. The van der Waals surface area contributed by atoms with Crippen molar-refractivity contribution in [2.24, 2.45) is 5.92 Å². The number of hydrogen-bond acceptors (Lipinski definition) is 3. The number of carbonyl (C=O) groups is 2. The molecule has 2 aliphatic rings. The van der Waals surface area contributed by atoms with Crippen LogP contribution in [0.4, 0.5) is 0 Å². The van der Waals surface area contributed by atoms with Crippen LogP contribution in [0.2, 0.25) is 0 Å². The van der Waals surface area contributed by atoms with Crippen molar-refractivity contribution in [2.75, 3.05) is 19.7 Å². The predicted molar refractivity (Wildman–Crippen MR) is 80.8 cm³/mol. The Morgan fingerprint density at radius 3 is 2.81 bits per heavy atom. The van der Waals surface area contributed by atoms with Crippen molar-refractivity contribution in [1.82, 2.24) is 10.2 Å². The van der Waals surface area contributed by atoms with E-state index in [9.17, 15) is 9.59 Å². The molecule has 0 bridgehead atoms. The highest BCUT2D eigenvalue weighted by Crippen LogP contribution is 2.25. The van der Waals surface area contributed by atoms with Gasteiger partial charge in [-0.1, -0.05) is 26.7 Å². The topological polar surface area (TPSA) is 58.6 Å². The van der Waals surface area contributed by atoms with Crippen molar-refractivity contribution < 1.29 is 14.3 Å². The first kappa shape index (κ1) is 16.3. The zero-order valence-corrected chi connectivity index (χ0v) is 13.3. The summed E-state index contributed by atoms with van der Waals surface area (Å²) in [5, 5.41) is 2.98. The minimum Gasteiger partial charge on any atom is -0.368 e. The Morgan fingerprint density at radius 2 is 2.10 bits per heavy atom. The van der Waals surface area contributed by atoms with Crippen molar-refractivity contribution in [2.45, 2.75) is 64.5 Å². The summed E-state index contributed by atoms with van der Waals surface area (Å²) in [7, 11) is 0. The SMILES string of the molecule is CCC(=O)N1CC[C@H](NC(=O)CO[C@H]2CCC[C@H](C)C2)C1. The molecule has 0 unspecified atom stereocenters. The predicted octanol–water partition coefficient (Wildman–Crippen LogP) is 1.71. The minimum absolute atomic E-state index is 0.0518. The highest BCUT2D eigenvalue weighted by atomic mass is 16.5. The van der Waals surface area contributed by atoms with Crippen LogP contribution in [0.1, 0.15) is 52.4 Å². The molecule has 2 amide bonds. The van der Waals surface area contributed by atoms with Gasteiger partial charge in [0.2, 0.25) is 11.8 Å². The van der Waals surface area contributed by atoms with E-state index in [1.807, 2.05) is 11.8 Å².